The predicted molar refractivity (Wildman–Crippen MR) is 114 cm³/mol. The van der Waals surface area contributed by atoms with Gasteiger partial charge in [-0.05, 0) is 49.4 Å². The highest BCUT2D eigenvalue weighted by Gasteiger charge is 2.41. The second-order valence-corrected chi connectivity index (χ2v) is 8.15. The molecular formula is C23H28BrNO3. The van der Waals surface area contributed by atoms with Gasteiger partial charge >= 0.3 is 0 Å². The fourth-order valence-electron chi connectivity index (χ4n) is 3.66. The van der Waals surface area contributed by atoms with Crippen LogP contribution in [0.5, 0.6) is 0 Å². The van der Waals surface area contributed by atoms with Crippen LogP contribution in [0.3, 0.4) is 0 Å². The van der Waals surface area contributed by atoms with E-state index in [0.717, 1.165) is 16.5 Å². The van der Waals surface area contributed by atoms with Crippen LogP contribution in [0.2, 0.25) is 0 Å². The molecule has 0 aliphatic carbocycles. The molecule has 1 fully saturated rings. The van der Waals surface area contributed by atoms with Gasteiger partial charge in [0.05, 0.1) is 11.5 Å². The standard InChI is InChI=1S/C23H28BrNO3/c1-18(19-6-3-2-4-7-19)28-15-5-14-25-22(26)23(12-16-27-17-13-23)20-8-10-21(24)11-9-20/h2-4,6-11,18H,5,12-17H2,1H3,(H,25,26). The van der Waals surface area contributed by atoms with E-state index in [9.17, 15) is 4.79 Å². The average molecular weight is 446 g/mol. The predicted octanol–water partition coefficient (Wildman–Crippen LogP) is 4.78. The number of benzene rings is 2. The minimum atomic E-state index is -0.503. The summed E-state index contributed by atoms with van der Waals surface area (Å²) in [5, 5.41) is 3.13. The Morgan fingerprint density at radius 3 is 2.50 bits per heavy atom. The SMILES string of the molecule is CC(OCCCNC(=O)C1(c2ccc(Br)cc2)CCOCC1)c1ccccc1. The highest BCUT2D eigenvalue weighted by molar-refractivity contribution is 9.10. The van der Waals surface area contributed by atoms with Crippen molar-refractivity contribution in [2.75, 3.05) is 26.4 Å². The molecule has 0 spiro atoms. The van der Waals surface area contributed by atoms with Crippen LogP contribution in [0.25, 0.3) is 0 Å². The highest BCUT2D eigenvalue weighted by atomic mass is 79.9. The van der Waals surface area contributed by atoms with Gasteiger partial charge in [-0.3, -0.25) is 4.79 Å². The molecule has 3 rings (SSSR count). The van der Waals surface area contributed by atoms with Gasteiger partial charge in [0.25, 0.3) is 0 Å². The molecule has 1 unspecified atom stereocenters. The quantitative estimate of drug-likeness (QED) is 0.594. The Balaban J connectivity index is 1.51. The normalized spacial score (nSPS) is 17.1. The van der Waals surface area contributed by atoms with Crippen molar-refractivity contribution in [1.29, 1.82) is 0 Å². The van der Waals surface area contributed by atoms with Crippen LogP contribution in [-0.2, 0) is 19.7 Å². The van der Waals surface area contributed by atoms with E-state index in [2.05, 4.69) is 40.3 Å². The van der Waals surface area contributed by atoms with Gasteiger partial charge in [0, 0.05) is 30.8 Å². The minimum Gasteiger partial charge on any atom is -0.381 e. The molecule has 150 valence electrons. The van der Waals surface area contributed by atoms with Gasteiger partial charge in [-0.15, -0.1) is 0 Å². The van der Waals surface area contributed by atoms with Gasteiger partial charge in [-0.25, -0.2) is 0 Å². The number of amides is 1. The molecule has 28 heavy (non-hydrogen) atoms. The Hall–Kier alpha value is -1.69. The van der Waals surface area contributed by atoms with Crippen LogP contribution >= 0.6 is 15.9 Å². The van der Waals surface area contributed by atoms with Gasteiger partial charge in [0.1, 0.15) is 0 Å². The van der Waals surface area contributed by atoms with Gasteiger partial charge in [0.2, 0.25) is 5.91 Å². The molecule has 0 aromatic heterocycles. The van der Waals surface area contributed by atoms with E-state index in [0.29, 0.717) is 39.2 Å². The van der Waals surface area contributed by atoms with Crippen molar-refractivity contribution in [2.45, 2.75) is 37.7 Å². The molecule has 1 amide bonds. The van der Waals surface area contributed by atoms with Crippen molar-refractivity contribution in [3.8, 4) is 0 Å². The van der Waals surface area contributed by atoms with Crippen molar-refractivity contribution in [3.63, 3.8) is 0 Å². The molecule has 1 heterocycles. The Labute approximate surface area is 175 Å². The van der Waals surface area contributed by atoms with Crippen LogP contribution in [0.15, 0.2) is 59.1 Å². The maximum Gasteiger partial charge on any atom is 0.230 e. The summed E-state index contributed by atoms with van der Waals surface area (Å²) in [4.78, 5) is 13.1. The van der Waals surface area contributed by atoms with E-state index in [-0.39, 0.29) is 12.0 Å². The van der Waals surface area contributed by atoms with Crippen molar-refractivity contribution in [3.05, 3.63) is 70.2 Å². The second-order valence-electron chi connectivity index (χ2n) is 7.23. The van der Waals surface area contributed by atoms with Gasteiger partial charge in [0.15, 0.2) is 0 Å². The minimum absolute atomic E-state index is 0.0569. The first kappa shape index (κ1) is 21.0. The Kier molecular flexibility index (Phi) is 7.65. The molecule has 1 N–H and O–H groups in total. The summed E-state index contributed by atoms with van der Waals surface area (Å²) in [6.07, 6.45) is 2.27. The summed E-state index contributed by atoms with van der Waals surface area (Å²) in [7, 11) is 0. The molecule has 1 atom stereocenters. The maximum atomic E-state index is 13.1. The van der Waals surface area contributed by atoms with E-state index < -0.39 is 5.41 Å². The van der Waals surface area contributed by atoms with Crippen LogP contribution in [-0.4, -0.2) is 32.3 Å². The third-order valence-corrected chi connectivity index (χ3v) is 5.95. The van der Waals surface area contributed by atoms with Crippen molar-refractivity contribution >= 4 is 21.8 Å². The number of hydrogen-bond donors (Lipinski definition) is 1. The molecule has 1 saturated heterocycles. The van der Waals surface area contributed by atoms with Crippen molar-refractivity contribution in [2.24, 2.45) is 0 Å². The molecule has 4 nitrogen and oxygen atoms in total. The van der Waals surface area contributed by atoms with E-state index in [1.807, 2.05) is 42.5 Å². The van der Waals surface area contributed by atoms with Gasteiger partial charge in [-0.1, -0.05) is 58.4 Å². The van der Waals surface area contributed by atoms with Crippen molar-refractivity contribution < 1.29 is 14.3 Å². The first-order chi connectivity index (χ1) is 13.6. The number of carbonyl (C=O) groups is 1. The molecule has 2 aromatic rings. The Morgan fingerprint density at radius 1 is 1.14 bits per heavy atom. The summed E-state index contributed by atoms with van der Waals surface area (Å²) < 4.78 is 12.4. The lowest BCUT2D eigenvalue weighted by atomic mass is 9.73. The smallest absolute Gasteiger partial charge is 0.230 e. The zero-order valence-electron chi connectivity index (χ0n) is 16.3. The molecule has 1 aliphatic rings. The largest absolute Gasteiger partial charge is 0.381 e. The molecule has 0 radical (unpaired) electrons. The number of ether oxygens (including phenoxy) is 2. The van der Waals surface area contributed by atoms with Gasteiger partial charge < -0.3 is 14.8 Å². The fraction of sp³-hybridized carbons (Fsp3) is 0.435. The summed E-state index contributed by atoms with van der Waals surface area (Å²) in [5.41, 5.74) is 1.73. The third kappa shape index (κ3) is 5.22. The lowest BCUT2D eigenvalue weighted by molar-refractivity contribution is -0.130. The molecule has 1 aliphatic heterocycles. The summed E-state index contributed by atoms with van der Waals surface area (Å²) in [6, 6.07) is 18.3. The lowest BCUT2D eigenvalue weighted by Gasteiger charge is -2.36. The van der Waals surface area contributed by atoms with Crippen molar-refractivity contribution in [1.82, 2.24) is 5.32 Å². The molecule has 5 heteroatoms. The lowest BCUT2D eigenvalue weighted by Crippen LogP contribution is -2.48. The number of carbonyl (C=O) groups excluding carboxylic acids is 1. The van der Waals surface area contributed by atoms with Crippen LogP contribution in [0, 0.1) is 0 Å². The number of rotatable bonds is 8. The third-order valence-electron chi connectivity index (χ3n) is 5.42. The highest BCUT2D eigenvalue weighted by Crippen LogP contribution is 2.35. The van der Waals surface area contributed by atoms with E-state index in [4.69, 9.17) is 9.47 Å². The van der Waals surface area contributed by atoms with E-state index >= 15 is 0 Å². The summed E-state index contributed by atoms with van der Waals surface area (Å²) >= 11 is 3.47. The first-order valence-corrected chi connectivity index (χ1v) is 10.7. The molecule has 0 saturated carbocycles. The molecule has 0 bridgehead atoms. The zero-order chi connectivity index (χ0) is 19.8. The van der Waals surface area contributed by atoms with E-state index in [1.165, 1.54) is 5.56 Å². The fourth-order valence-corrected chi connectivity index (χ4v) is 3.92. The molecule has 2 aromatic carbocycles. The van der Waals surface area contributed by atoms with Crippen LogP contribution < -0.4 is 5.32 Å². The Bertz CT molecular complexity index is 742. The number of nitrogens with one attached hydrogen (secondary N) is 1. The molecular weight excluding hydrogens is 418 g/mol. The first-order valence-electron chi connectivity index (χ1n) is 9.90. The Morgan fingerprint density at radius 2 is 1.82 bits per heavy atom. The van der Waals surface area contributed by atoms with E-state index in [1.54, 1.807) is 0 Å². The maximum absolute atomic E-state index is 13.1. The zero-order valence-corrected chi connectivity index (χ0v) is 17.9. The van der Waals surface area contributed by atoms with Crippen LogP contribution in [0.4, 0.5) is 0 Å². The number of hydrogen-bond acceptors (Lipinski definition) is 3. The number of halogens is 1. The topological polar surface area (TPSA) is 47.6 Å². The monoisotopic (exact) mass is 445 g/mol. The average Bonchev–Trinajstić information content (AvgIpc) is 2.74. The summed E-state index contributed by atoms with van der Waals surface area (Å²) in [6.45, 7) is 4.51. The van der Waals surface area contributed by atoms with Gasteiger partial charge in [-0.2, -0.15) is 0 Å². The summed E-state index contributed by atoms with van der Waals surface area (Å²) in [5.74, 6) is 0.0919. The second kappa shape index (κ2) is 10.2. The van der Waals surface area contributed by atoms with Crippen LogP contribution in [0.1, 0.15) is 43.4 Å².